The van der Waals surface area contributed by atoms with Crippen molar-refractivity contribution in [3.63, 3.8) is 0 Å². The van der Waals surface area contributed by atoms with E-state index in [0.717, 1.165) is 34.4 Å². The lowest BCUT2D eigenvalue weighted by atomic mass is 9.63. The highest BCUT2D eigenvalue weighted by Gasteiger charge is 2.73. The van der Waals surface area contributed by atoms with E-state index in [1.165, 1.54) is 18.4 Å². The van der Waals surface area contributed by atoms with Crippen LogP contribution in [0.4, 0.5) is 5.69 Å². The first-order valence-electron chi connectivity index (χ1n) is 11.5. The fourth-order valence-corrected chi connectivity index (χ4v) is 6.81. The van der Waals surface area contributed by atoms with Crippen molar-refractivity contribution >= 4 is 32.7 Å². The summed E-state index contributed by atoms with van der Waals surface area (Å²) in [6.07, 6.45) is 1.50. The maximum atomic E-state index is 14.2. The normalized spacial score (nSPS) is 25.0. The molecule has 1 heterocycles. The smallest absolute Gasteiger partial charge is 0.242 e. The van der Waals surface area contributed by atoms with Gasteiger partial charge < -0.3 is 5.32 Å². The number of carbonyl (C=O) groups is 1. The molecule has 0 saturated heterocycles. The summed E-state index contributed by atoms with van der Waals surface area (Å²) in [5.74, 6) is -0.160. The summed E-state index contributed by atoms with van der Waals surface area (Å²) in [7, 11) is -0.644. The number of hydrogen-bond acceptors (Lipinski definition) is 5. The Hall–Kier alpha value is -2.84. The molecule has 2 atom stereocenters. The second-order valence-corrected chi connectivity index (χ2v) is 12.6. The van der Waals surface area contributed by atoms with Crippen molar-refractivity contribution in [2.75, 3.05) is 19.4 Å². The highest BCUT2D eigenvalue weighted by atomic mass is 32.2. The van der Waals surface area contributed by atoms with Crippen molar-refractivity contribution in [2.45, 2.75) is 56.3 Å². The molecule has 178 valence electrons. The zero-order chi connectivity index (χ0) is 24.7. The Bertz CT molecular complexity index is 1460. The number of amides is 1. The van der Waals surface area contributed by atoms with E-state index in [1.54, 1.807) is 18.2 Å². The van der Waals surface area contributed by atoms with Gasteiger partial charge >= 0.3 is 0 Å². The van der Waals surface area contributed by atoms with Crippen molar-refractivity contribution in [3.05, 3.63) is 59.4 Å². The van der Waals surface area contributed by atoms with E-state index < -0.39 is 20.9 Å². The summed E-state index contributed by atoms with van der Waals surface area (Å²) >= 11 is 0. The van der Waals surface area contributed by atoms with Gasteiger partial charge in [-0.25, -0.2) is 22.7 Å². The third-order valence-electron chi connectivity index (χ3n) is 8.57. The Morgan fingerprint density at radius 3 is 2.21 bits per heavy atom. The summed E-state index contributed by atoms with van der Waals surface area (Å²) in [5, 5.41) is 3.09. The fourth-order valence-electron chi connectivity index (χ4n) is 5.89. The second-order valence-electron chi connectivity index (χ2n) is 10.5. The summed E-state index contributed by atoms with van der Waals surface area (Å²) < 4.78 is 26.6. The predicted molar refractivity (Wildman–Crippen MR) is 132 cm³/mol. The van der Waals surface area contributed by atoms with E-state index in [0.29, 0.717) is 12.1 Å². The van der Waals surface area contributed by atoms with Gasteiger partial charge in [0.05, 0.1) is 32.7 Å². The number of fused-ring (bicyclic) bond motifs is 6. The number of carbonyl (C=O) groups excluding carboxylic acids is 1. The molecule has 0 spiro atoms. The molecule has 1 aromatic heterocycles. The molecule has 1 fully saturated rings. The molecule has 1 saturated carbocycles. The minimum atomic E-state index is -3.63. The zero-order valence-electron chi connectivity index (χ0n) is 20.4. The standard InChI is InChI=1S/C26H30N4O3S/c1-16-11-12-17(34(32,33)30(5)6)15-20(16)29-23(31)26-14-13-25(4,24(26,2)3)21-22(26)28-19-10-8-7-9-18(19)27-21/h7-12,15H,13-14H2,1-6H3,(H,29,31). The molecule has 3 aromatic rings. The molecule has 8 heteroatoms. The molecule has 34 heavy (non-hydrogen) atoms. The van der Waals surface area contributed by atoms with Gasteiger partial charge in [0.25, 0.3) is 0 Å². The van der Waals surface area contributed by atoms with Gasteiger partial charge in [0.1, 0.15) is 0 Å². The molecule has 2 aliphatic carbocycles. The molecule has 2 bridgehead atoms. The average molecular weight is 479 g/mol. The van der Waals surface area contributed by atoms with Crippen LogP contribution in [0.25, 0.3) is 11.0 Å². The molecule has 1 N–H and O–H groups in total. The van der Waals surface area contributed by atoms with Crippen LogP contribution in [0.3, 0.4) is 0 Å². The quantitative estimate of drug-likeness (QED) is 0.608. The van der Waals surface area contributed by atoms with Crippen molar-refractivity contribution < 1.29 is 13.2 Å². The highest BCUT2D eigenvalue weighted by Crippen LogP contribution is 2.70. The minimum absolute atomic E-state index is 0.143. The first-order chi connectivity index (χ1) is 15.9. The molecule has 7 nitrogen and oxygen atoms in total. The van der Waals surface area contributed by atoms with Crippen LogP contribution in [-0.2, 0) is 25.6 Å². The number of nitrogens with one attached hydrogen (secondary N) is 1. The molecule has 2 aromatic carbocycles. The van der Waals surface area contributed by atoms with Gasteiger partial charge in [0.15, 0.2) is 0 Å². The predicted octanol–water partition coefficient (Wildman–Crippen LogP) is 4.16. The van der Waals surface area contributed by atoms with Crippen LogP contribution in [0.1, 0.15) is 50.6 Å². The monoisotopic (exact) mass is 478 g/mol. The Morgan fingerprint density at radius 1 is 0.971 bits per heavy atom. The van der Waals surface area contributed by atoms with Gasteiger partial charge in [-0.05, 0) is 55.0 Å². The lowest BCUT2D eigenvalue weighted by Gasteiger charge is -2.39. The van der Waals surface area contributed by atoms with E-state index in [9.17, 15) is 13.2 Å². The number of rotatable bonds is 4. The van der Waals surface area contributed by atoms with Crippen LogP contribution in [0.15, 0.2) is 47.4 Å². The van der Waals surface area contributed by atoms with Crippen LogP contribution in [-0.4, -0.2) is 42.7 Å². The van der Waals surface area contributed by atoms with E-state index in [-0.39, 0.29) is 16.2 Å². The maximum absolute atomic E-state index is 14.2. The number of benzene rings is 2. The number of anilines is 1. The van der Waals surface area contributed by atoms with Gasteiger partial charge in [-0.15, -0.1) is 0 Å². The lowest BCUT2D eigenvalue weighted by Crippen LogP contribution is -2.48. The Balaban J connectivity index is 1.64. The summed E-state index contributed by atoms with van der Waals surface area (Å²) in [6, 6.07) is 12.6. The first-order valence-corrected chi connectivity index (χ1v) is 12.9. The molecular weight excluding hydrogens is 448 g/mol. The number of hydrogen-bond donors (Lipinski definition) is 1. The Morgan fingerprint density at radius 2 is 1.59 bits per heavy atom. The maximum Gasteiger partial charge on any atom is 0.242 e. The first kappa shape index (κ1) is 22.9. The number of para-hydroxylation sites is 2. The highest BCUT2D eigenvalue weighted by molar-refractivity contribution is 7.89. The van der Waals surface area contributed by atoms with E-state index in [2.05, 4.69) is 26.1 Å². The largest absolute Gasteiger partial charge is 0.325 e. The van der Waals surface area contributed by atoms with Crippen LogP contribution < -0.4 is 5.32 Å². The molecule has 0 radical (unpaired) electrons. The number of aromatic nitrogens is 2. The van der Waals surface area contributed by atoms with E-state index in [1.807, 2.05) is 31.2 Å². The second kappa shape index (κ2) is 7.09. The zero-order valence-corrected chi connectivity index (χ0v) is 21.2. The molecule has 2 aliphatic rings. The third-order valence-corrected chi connectivity index (χ3v) is 10.4. The van der Waals surface area contributed by atoms with E-state index in [4.69, 9.17) is 9.97 Å². The Kier molecular flexibility index (Phi) is 4.78. The van der Waals surface area contributed by atoms with Crippen molar-refractivity contribution in [2.24, 2.45) is 5.41 Å². The van der Waals surface area contributed by atoms with Crippen LogP contribution in [0, 0.1) is 12.3 Å². The van der Waals surface area contributed by atoms with Crippen LogP contribution in [0.2, 0.25) is 0 Å². The molecular formula is C26H30N4O3S. The lowest BCUT2D eigenvalue weighted by molar-refractivity contribution is -0.125. The van der Waals surface area contributed by atoms with Gasteiger partial charge in [-0.2, -0.15) is 0 Å². The van der Waals surface area contributed by atoms with Crippen molar-refractivity contribution in [1.82, 2.24) is 14.3 Å². The van der Waals surface area contributed by atoms with Crippen molar-refractivity contribution in [1.29, 1.82) is 0 Å². The molecule has 5 rings (SSSR count). The van der Waals surface area contributed by atoms with Gasteiger partial charge in [0.2, 0.25) is 15.9 Å². The summed E-state index contributed by atoms with van der Waals surface area (Å²) in [4.78, 5) is 24.3. The minimum Gasteiger partial charge on any atom is -0.325 e. The Labute approximate surface area is 200 Å². The number of aryl methyl sites for hydroxylation is 1. The topological polar surface area (TPSA) is 92.3 Å². The SMILES string of the molecule is Cc1ccc(S(=O)(=O)N(C)C)cc1NC(=O)C12CCC(C)(c3nc4ccccc4nc31)C2(C)C. The molecule has 1 amide bonds. The van der Waals surface area contributed by atoms with Crippen LogP contribution in [0.5, 0.6) is 0 Å². The van der Waals surface area contributed by atoms with Gasteiger partial charge in [-0.1, -0.05) is 39.0 Å². The van der Waals surface area contributed by atoms with Gasteiger partial charge in [0, 0.05) is 25.2 Å². The van der Waals surface area contributed by atoms with Crippen molar-refractivity contribution in [3.8, 4) is 0 Å². The average Bonchev–Trinajstić information content (AvgIpc) is 3.08. The van der Waals surface area contributed by atoms with E-state index >= 15 is 0 Å². The summed E-state index contributed by atoms with van der Waals surface area (Å²) in [5.41, 5.74) is 2.96. The van der Waals surface area contributed by atoms with Crippen LogP contribution >= 0.6 is 0 Å². The molecule has 2 unspecified atom stereocenters. The fraction of sp³-hybridized carbons (Fsp3) is 0.423. The third kappa shape index (κ3) is 2.72. The number of nitrogens with zero attached hydrogens (tertiary/aromatic N) is 3. The summed E-state index contributed by atoms with van der Waals surface area (Å²) in [6.45, 7) is 8.31. The number of sulfonamides is 1. The van der Waals surface area contributed by atoms with Gasteiger partial charge in [-0.3, -0.25) is 4.79 Å². The molecule has 0 aliphatic heterocycles.